The lowest BCUT2D eigenvalue weighted by Gasteiger charge is -2.13. The van der Waals surface area contributed by atoms with Gasteiger partial charge in [-0.15, -0.1) is 0 Å². The number of carbonyl (C=O) groups excluding carboxylic acids is 1. The van der Waals surface area contributed by atoms with Crippen LogP contribution < -0.4 is 24.4 Å². The number of fused-ring (bicyclic) bond motifs is 2. The molecule has 1 aliphatic rings. The van der Waals surface area contributed by atoms with Crippen molar-refractivity contribution >= 4 is 16.9 Å². The van der Waals surface area contributed by atoms with Crippen molar-refractivity contribution in [2.24, 2.45) is 0 Å². The van der Waals surface area contributed by atoms with Crippen LogP contribution in [0.25, 0.3) is 10.9 Å². The fraction of sp³-hybridized carbons (Fsp3) is 0.200. The van der Waals surface area contributed by atoms with Gasteiger partial charge in [0.15, 0.2) is 23.0 Å². The molecule has 7 heteroatoms. The zero-order valence-electron chi connectivity index (χ0n) is 14.9. The number of carbonyl (C=O) groups is 1. The highest BCUT2D eigenvalue weighted by atomic mass is 16.7. The number of aromatic nitrogens is 1. The molecule has 0 saturated carbocycles. The van der Waals surface area contributed by atoms with Crippen molar-refractivity contribution in [3.63, 3.8) is 0 Å². The van der Waals surface area contributed by atoms with Crippen LogP contribution in [0.15, 0.2) is 47.4 Å². The fourth-order valence-corrected chi connectivity index (χ4v) is 3.04. The van der Waals surface area contributed by atoms with E-state index >= 15 is 0 Å². The van der Waals surface area contributed by atoms with Crippen molar-refractivity contribution < 1.29 is 23.7 Å². The minimum absolute atomic E-state index is 0.0610. The maximum absolute atomic E-state index is 12.9. The normalized spacial score (nSPS) is 12.2. The molecule has 0 bridgehead atoms. The van der Waals surface area contributed by atoms with E-state index in [0.717, 1.165) is 0 Å². The summed E-state index contributed by atoms with van der Waals surface area (Å²) >= 11 is 0. The molecule has 0 saturated heterocycles. The van der Waals surface area contributed by atoms with Crippen LogP contribution in [-0.4, -0.2) is 24.4 Å². The summed E-state index contributed by atoms with van der Waals surface area (Å²) in [7, 11) is 1.48. The van der Waals surface area contributed by atoms with Gasteiger partial charge in [0.05, 0.1) is 18.0 Å². The van der Waals surface area contributed by atoms with E-state index in [-0.39, 0.29) is 18.1 Å². The summed E-state index contributed by atoms with van der Waals surface area (Å²) in [6.07, 6.45) is 1.50. The van der Waals surface area contributed by atoms with Crippen LogP contribution in [0.1, 0.15) is 17.3 Å². The summed E-state index contributed by atoms with van der Waals surface area (Å²) in [5, 5.41) is 0.371. The summed E-state index contributed by atoms with van der Waals surface area (Å²) in [6, 6.07) is 10.1. The van der Waals surface area contributed by atoms with E-state index in [2.05, 4.69) is 0 Å². The Bertz CT molecular complexity index is 1100. The van der Waals surface area contributed by atoms with E-state index in [1.54, 1.807) is 41.0 Å². The SMILES string of the molecule is CCn1cc(C(=O)Oc2ccccc2OC)c(=O)c2cc3c(cc21)OCO3. The van der Waals surface area contributed by atoms with Crippen LogP contribution in [-0.2, 0) is 6.54 Å². The van der Waals surface area contributed by atoms with E-state index in [4.69, 9.17) is 18.9 Å². The van der Waals surface area contributed by atoms with Crippen molar-refractivity contribution in [3.05, 3.63) is 58.4 Å². The first kappa shape index (κ1) is 17.0. The Morgan fingerprint density at radius 3 is 2.56 bits per heavy atom. The van der Waals surface area contributed by atoms with Gasteiger partial charge < -0.3 is 23.5 Å². The smallest absolute Gasteiger partial charge is 0.349 e. The summed E-state index contributed by atoms with van der Waals surface area (Å²) < 4.78 is 23.1. The van der Waals surface area contributed by atoms with Gasteiger partial charge in [0.25, 0.3) is 0 Å². The molecular formula is C20H17NO6. The minimum Gasteiger partial charge on any atom is -0.493 e. The molecule has 0 radical (unpaired) electrons. The Hall–Kier alpha value is -3.48. The van der Waals surface area contributed by atoms with E-state index in [9.17, 15) is 9.59 Å². The standard InChI is InChI=1S/C20H17NO6/c1-3-21-10-13(20(23)27-16-7-5-4-6-15(16)24-2)19(22)12-8-17-18(9-14(12)21)26-11-25-17/h4-10H,3,11H2,1-2H3. The zero-order chi connectivity index (χ0) is 19.0. The van der Waals surface area contributed by atoms with Crippen LogP contribution >= 0.6 is 0 Å². The number of rotatable bonds is 4. The molecular weight excluding hydrogens is 350 g/mol. The molecule has 1 aromatic heterocycles. The monoisotopic (exact) mass is 367 g/mol. The maximum Gasteiger partial charge on any atom is 0.349 e. The Morgan fingerprint density at radius 2 is 1.85 bits per heavy atom. The third kappa shape index (κ3) is 2.87. The Balaban J connectivity index is 1.82. The largest absolute Gasteiger partial charge is 0.493 e. The summed E-state index contributed by atoms with van der Waals surface area (Å²) in [5.74, 6) is 0.973. The molecule has 27 heavy (non-hydrogen) atoms. The Kier molecular flexibility index (Phi) is 4.19. The molecule has 7 nitrogen and oxygen atoms in total. The molecule has 138 valence electrons. The van der Waals surface area contributed by atoms with Crippen LogP contribution in [0.4, 0.5) is 0 Å². The van der Waals surface area contributed by atoms with E-state index in [0.29, 0.717) is 34.7 Å². The first-order chi connectivity index (χ1) is 13.1. The molecule has 0 fully saturated rings. The lowest BCUT2D eigenvalue weighted by atomic mass is 10.1. The second kappa shape index (κ2) is 6.68. The van der Waals surface area contributed by atoms with Gasteiger partial charge in [-0.05, 0) is 25.1 Å². The summed E-state index contributed by atoms with van der Waals surface area (Å²) in [5.41, 5.74) is 0.183. The average Bonchev–Trinajstić information content (AvgIpc) is 3.15. The molecule has 2 heterocycles. The fourth-order valence-electron chi connectivity index (χ4n) is 3.04. The quantitative estimate of drug-likeness (QED) is 0.521. The highest BCUT2D eigenvalue weighted by Gasteiger charge is 2.22. The molecule has 2 aromatic carbocycles. The Morgan fingerprint density at radius 1 is 1.15 bits per heavy atom. The topological polar surface area (TPSA) is 76.0 Å². The number of ether oxygens (including phenoxy) is 4. The van der Waals surface area contributed by atoms with E-state index < -0.39 is 11.4 Å². The first-order valence-electron chi connectivity index (χ1n) is 8.44. The first-order valence-corrected chi connectivity index (χ1v) is 8.44. The van der Waals surface area contributed by atoms with Crippen LogP contribution in [0.2, 0.25) is 0 Å². The molecule has 0 N–H and O–H groups in total. The van der Waals surface area contributed by atoms with Crippen molar-refractivity contribution in [3.8, 4) is 23.0 Å². The average molecular weight is 367 g/mol. The highest BCUT2D eigenvalue weighted by Crippen LogP contribution is 2.35. The lowest BCUT2D eigenvalue weighted by molar-refractivity contribution is 0.0727. The van der Waals surface area contributed by atoms with Gasteiger partial charge >= 0.3 is 5.97 Å². The van der Waals surface area contributed by atoms with Crippen molar-refractivity contribution in [2.75, 3.05) is 13.9 Å². The number of hydrogen-bond acceptors (Lipinski definition) is 6. The molecule has 3 aromatic rings. The predicted octanol–water partition coefficient (Wildman–Crippen LogP) is 2.98. The third-order valence-corrected chi connectivity index (χ3v) is 4.41. The second-order valence-corrected chi connectivity index (χ2v) is 5.92. The molecule has 0 aliphatic carbocycles. The second-order valence-electron chi connectivity index (χ2n) is 5.92. The van der Waals surface area contributed by atoms with Crippen LogP contribution in [0, 0.1) is 0 Å². The van der Waals surface area contributed by atoms with Gasteiger partial charge in [-0.25, -0.2) is 4.79 Å². The number of aryl methyl sites for hydroxylation is 1. The number of nitrogens with zero attached hydrogens (tertiary/aromatic N) is 1. The van der Waals surface area contributed by atoms with Crippen molar-refractivity contribution in [2.45, 2.75) is 13.5 Å². The van der Waals surface area contributed by atoms with E-state index in [1.807, 2.05) is 6.92 Å². The Labute approximate surface area is 154 Å². The maximum atomic E-state index is 12.9. The van der Waals surface area contributed by atoms with Gasteiger partial charge in [-0.3, -0.25) is 4.79 Å². The summed E-state index contributed by atoms with van der Waals surface area (Å²) in [6.45, 7) is 2.59. The van der Waals surface area contributed by atoms with Gasteiger partial charge in [0.1, 0.15) is 5.56 Å². The molecule has 0 spiro atoms. The molecule has 1 aliphatic heterocycles. The number of para-hydroxylation sites is 2. The summed E-state index contributed by atoms with van der Waals surface area (Å²) in [4.78, 5) is 25.6. The minimum atomic E-state index is -0.744. The number of hydrogen-bond donors (Lipinski definition) is 0. The van der Waals surface area contributed by atoms with Gasteiger partial charge in [-0.2, -0.15) is 0 Å². The van der Waals surface area contributed by atoms with Gasteiger partial charge in [0, 0.05) is 18.8 Å². The van der Waals surface area contributed by atoms with Crippen molar-refractivity contribution in [1.82, 2.24) is 4.57 Å². The van der Waals surface area contributed by atoms with Crippen LogP contribution in [0.5, 0.6) is 23.0 Å². The van der Waals surface area contributed by atoms with Gasteiger partial charge in [0.2, 0.25) is 12.2 Å². The zero-order valence-corrected chi connectivity index (χ0v) is 14.9. The third-order valence-electron chi connectivity index (χ3n) is 4.41. The molecule has 0 amide bonds. The van der Waals surface area contributed by atoms with Crippen molar-refractivity contribution in [1.29, 1.82) is 0 Å². The number of esters is 1. The molecule has 4 rings (SSSR count). The van der Waals surface area contributed by atoms with Crippen LogP contribution in [0.3, 0.4) is 0 Å². The lowest BCUT2D eigenvalue weighted by Crippen LogP contribution is -2.22. The number of methoxy groups -OCH3 is 1. The number of pyridine rings is 1. The molecule has 0 unspecified atom stereocenters. The highest BCUT2D eigenvalue weighted by molar-refractivity contribution is 5.96. The number of benzene rings is 2. The van der Waals surface area contributed by atoms with E-state index in [1.165, 1.54) is 13.3 Å². The molecule has 0 atom stereocenters. The van der Waals surface area contributed by atoms with Gasteiger partial charge in [-0.1, -0.05) is 12.1 Å². The predicted molar refractivity (Wildman–Crippen MR) is 98.0 cm³/mol.